The molecule has 3 rings (SSSR count). The minimum absolute atomic E-state index is 0.113. The number of carbonyl (C=O) groups is 3. The van der Waals surface area contributed by atoms with Crippen LogP contribution >= 0.6 is 0 Å². The number of hydrogen-bond donors (Lipinski definition) is 1. The zero-order valence-electron chi connectivity index (χ0n) is 13.1. The molecule has 0 atom stereocenters. The summed E-state index contributed by atoms with van der Waals surface area (Å²) in [7, 11) is 0. The number of benzene rings is 2. The van der Waals surface area contributed by atoms with E-state index < -0.39 is 0 Å². The van der Waals surface area contributed by atoms with Crippen molar-refractivity contribution in [2.75, 3.05) is 6.61 Å². The summed E-state index contributed by atoms with van der Waals surface area (Å²) < 4.78 is 0. The van der Waals surface area contributed by atoms with Gasteiger partial charge in [-0.1, -0.05) is 24.3 Å². The third-order valence-corrected chi connectivity index (χ3v) is 3.72. The van der Waals surface area contributed by atoms with E-state index in [1.54, 1.807) is 55.5 Å². The number of imide groups is 1. The van der Waals surface area contributed by atoms with E-state index in [2.05, 4.69) is 5.48 Å². The zero-order chi connectivity index (χ0) is 17.1. The summed E-state index contributed by atoms with van der Waals surface area (Å²) in [5.74, 6) is -1.01. The maximum Gasteiger partial charge on any atom is 0.274 e. The van der Waals surface area contributed by atoms with Gasteiger partial charge in [-0.15, -0.1) is 0 Å². The van der Waals surface area contributed by atoms with Gasteiger partial charge in [-0.3, -0.25) is 24.1 Å². The number of amides is 3. The first-order chi connectivity index (χ1) is 11.6. The second kappa shape index (κ2) is 6.64. The predicted octanol–water partition coefficient (Wildman–Crippen LogP) is 2.16. The highest BCUT2D eigenvalue weighted by atomic mass is 16.6. The molecule has 24 heavy (non-hydrogen) atoms. The van der Waals surface area contributed by atoms with E-state index in [4.69, 9.17) is 4.84 Å². The average molecular weight is 324 g/mol. The molecule has 3 amide bonds. The van der Waals surface area contributed by atoms with Crippen molar-refractivity contribution in [2.24, 2.45) is 0 Å². The Morgan fingerprint density at radius 3 is 2.33 bits per heavy atom. The van der Waals surface area contributed by atoms with Crippen LogP contribution in [0, 0.1) is 0 Å². The molecule has 1 N–H and O–H groups in total. The van der Waals surface area contributed by atoms with Gasteiger partial charge >= 0.3 is 0 Å². The lowest BCUT2D eigenvalue weighted by Gasteiger charge is -2.14. The third kappa shape index (κ3) is 2.91. The van der Waals surface area contributed by atoms with Crippen molar-refractivity contribution in [3.8, 4) is 0 Å². The van der Waals surface area contributed by atoms with Crippen molar-refractivity contribution in [3.05, 3.63) is 70.8 Å². The van der Waals surface area contributed by atoms with Gasteiger partial charge in [-0.25, -0.2) is 5.48 Å². The van der Waals surface area contributed by atoms with Crippen LogP contribution in [0.15, 0.2) is 48.5 Å². The molecule has 6 nitrogen and oxygen atoms in total. The smallest absolute Gasteiger partial charge is 0.274 e. The number of hydroxylamine groups is 1. The lowest BCUT2D eigenvalue weighted by molar-refractivity contribution is 0.0364. The van der Waals surface area contributed by atoms with Crippen LogP contribution in [-0.2, 0) is 11.4 Å². The second-order valence-corrected chi connectivity index (χ2v) is 5.31. The minimum Gasteiger partial charge on any atom is -0.274 e. The van der Waals surface area contributed by atoms with Crippen molar-refractivity contribution in [1.82, 2.24) is 10.4 Å². The van der Waals surface area contributed by atoms with Gasteiger partial charge in [0.1, 0.15) is 0 Å². The highest BCUT2D eigenvalue weighted by Crippen LogP contribution is 2.24. The minimum atomic E-state index is -0.374. The van der Waals surface area contributed by atoms with Gasteiger partial charge in [0.25, 0.3) is 17.7 Å². The summed E-state index contributed by atoms with van der Waals surface area (Å²) in [6.45, 7) is 2.24. The molecule has 2 aromatic carbocycles. The summed E-state index contributed by atoms with van der Waals surface area (Å²) in [5.41, 5.74) is 4.22. The van der Waals surface area contributed by atoms with Crippen molar-refractivity contribution < 1.29 is 19.2 Å². The first-order valence-corrected chi connectivity index (χ1v) is 7.58. The van der Waals surface area contributed by atoms with E-state index in [1.165, 1.54) is 4.90 Å². The molecule has 0 spiro atoms. The van der Waals surface area contributed by atoms with Gasteiger partial charge in [0.2, 0.25) is 0 Å². The van der Waals surface area contributed by atoms with Crippen molar-refractivity contribution in [3.63, 3.8) is 0 Å². The molecule has 6 heteroatoms. The van der Waals surface area contributed by atoms with Crippen LogP contribution in [0.1, 0.15) is 43.6 Å². The maximum absolute atomic E-state index is 12.4. The lowest BCUT2D eigenvalue weighted by Crippen LogP contribution is -2.29. The number of rotatable bonds is 5. The number of nitrogens with one attached hydrogen (secondary N) is 1. The summed E-state index contributed by atoms with van der Waals surface area (Å²) in [5, 5.41) is 0. The fourth-order valence-corrected chi connectivity index (χ4v) is 2.57. The molecule has 0 unspecified atom stereocenters. The summed E-state index contributed by atoms with van der Waals surface area (Å²) in [4.78, 5) is 42.7. The number of nitrogens with zero attached hydrogens (tertiary/aromatic N) is 1. The Kier molecular flexibility index (Phi) is 4.39. The summed E-state index contributed by atoms with van der Waals surface area (Å²) in [6, 6.07) is 13.5. The van der Waals surface area contributed by atoms with E-state index in [9.17, 15) is 14.4 Å². The fraction of sp³-hybridized carbons (Fsp3) is 0.167. The molecule has 0 aliphatic carbocycles. The Bertz CT molecular complexity index is 781. The molecule has 0 saturated heterocycles. The van der Waals surface area contributed by atoms with E-state index in [1.807, 2.05) is 0 Å². The van der Waals surface area contributed by atoms with Gasteiger partial charge in [0.15, 0.2) is 0 Å². The highest BCUT2D eigenvalue weighted by molar-refractivity contribution is 6.21. The van der Waals surface area contributed by atoms with Crippen molar-refractivity contribution >= 4 is 17.7 Å². The first kappa shape index (κ1) is 15.9. The normalized spacial score (nSPS) is 13.1. The zero-order valence-corrected chi connectivity index (χ0v) is 13.1. The molecule has 0 aromatic heterocycles. The Labute approximate surface area is 139 Å². The molecule has 1 heterocycles. The maximum atomic E-state index is 12.4. The van der Waals surface area contributed by atoms with E-state index >= 15 is 0 Å². The van der Waals surface area contributed by atoms with Gasteiger partial charge in [-0.05, 0) is 36.8 Å². The summed E-state index contributed by atoms with van der Waals surface area (Å²) in [6.07, 6.45) is 0. The van der Waals surface area contributed by atoms with Crippen molar-refractivity contribution in [2.45, 2.75) is 13.5 Å². The van der Waals surface area contributed by atoms with E-state index in [-0.39, 0.29) is 24.3 Å². The van der Waals surface area contributed by atoms with Gasteiger partial charge in [-0.2, -0.15) is 0 Å². The number of fused-ring (bicyclic) bond motifs is 1. The predicted molar refractivity (Wildman–Crippen MR) is 86.2 cm³/mol. The van der Waals surface area contributed by atoms with E-state index in [0.717, 1.165) is 0 Å². The summed E-state index contributed by atoms with van der Waals surface area (Å²) >= 11 is 0. The third-order valence-electron chi connectivity index (χ3n) is 3.72. The monoisotopic (exact) mass is 324 g/mol. The van der Waals surface area contributed by atoms with Crippen LogP contribution in [0.25, 0.3) is 0 Å². The Morgan fingerprint density at radius 1 is 1.04 bits per heavy atom. The standard InChI is InChI=1S/C18H16N2O4/c1-2-24-19-16(21)13-7-5-6-12(10-13)11-20-17(22)14-8-3-4-9-15(14)18(20)23/h3-10H,2,11H2,1H3,(H,19,21). The van der Waals surface area contributed by atoms with Gasteiger partial charge in [0.05, 0.1) is 24.3 Å². The molecular formula is C18H16N2O4. The topological polar surface area (TPSA) is 75.7 Å². The molecule has 0 saturated carbocycles. The first-order valence-electron chi connectivity index (χ1n) is 7.58. The molecule has 0 bridgehead atoms. The molecule has 1 aliphatic heterocycles. The SMILES string of the molecule is CCONC(=O)c1cccc(CN2C(=O)c3ccccc3C2=O)c1. The number of carbonyl (C=O) groups excluding carboxylic acids is 3. The van der Waals surface area contributed by atoms with Crippen LogP contribution in [0.5, 0.6) is 0 Å². The Morgan fingerprint density at radius 2 is 1.71 bits per heavy atom. The molecule has 0 fully saturated rings. The van der Waals surface area contributed by atoms with Crippen molar-refractivity contribution in [1.29, 1.82) is 0 Å². The largest absolute Gasteiger partial charge is 0.274 e. The molecular weight excluding hydrogens is 308 g/mol. The van der Waals surface area contributed by atoms with Crippen LogP contribution in [0.3, 0.4) is 0 Å². The molecule has 1 aliphatic rings. The van der Waals surface area contributed by atoms with Gasteiger partial charge in [0, 0.05) is 5.56 Å². The van der Waals surface area contributed by atoms with Crippen LogP contribution < -0.4 is 5.48 Å². The quantitative estimate of drug-likeness (QED) is 0.675. The van der Waals surface area contributed by atoms with Crippen LogP contribution in [-0.4, -0.2) is 29.2 Å². The second-order valence-electron chi connectivity index (χ2n) is 5.31. The fourth-order valence-electron chi connectivity index (χ4n) is 2.57. The lowest BCUT2D eigenvalue weighted by atomic mass is 10.1. The number of hydrogen-bond acceptors (Lipinski definition) is 4. The molecule has 2 aromatic rings. The Hall–Kier alpha value is -2.99. The van der Waals surface area contributed by atoms with Crippen LogP contribution in [0.4, 0.5) is 0 Å². The highest BCUT2D eigenvalue weighted by Gasteiger charge is 2.34. The van der Waals surface area contributed by atoms with E-state index in [0.29, 0.717) is 28.9 Å². The average Bonchev–Trinajstić information content (AvgIpc) is 2.85. The Balaban J connectivity index is 1.79. The molecule has 0 radical (unpaired) electrons. The van der Waals surface area contributed by atoms with Gasteiger partial charge < -0.3 is 0 Å². The van der Waals surface area contributed by atoms with Crippen LogP contribution in [0.2, 0.25) is 0 Å². The molecule has 122 valence electrons.